The van der Waals surface area contributed by atoms with Crippen molar-refractivity contribution in [1.29, 1.82) is 0 Å². The predicted molar refractivity (Wildman–Crippen MR) is 70.8 cm³/mol. The van der Waals surface area contributed by atoms with Gasteiger partial charge in [0.1, 0.15) is 0 Å². The first kappa shape index (κ1) is 11.2. The lowest BCUT2D eigenvalue weighted by Crippen LogP contribution is -2.57. The zero-order valence-electron chi connectivity index (χ0n) is 10.4. The molecule has 0 radical (unpaired) electrons. The van der Waals surface area contributed by atoms with Crippen LogP contribution in [0.5, 0.6) is 0 Å². The fraction of sp³-hybridized carbons (Fsp3) is 0.600. The summed E-state index contributed by atoms with van der Waals surface area (Å²) in [7, 11) is 0. The fourth-order valence-electron chi connectivity index (χ4n) is 3.75. The highest BCUT2D eigenvalue weighted by molar-refractivity contribution is 5.17. The second-order valence-electron chi connectivity index (χ2n) is 5.53. The van der Waals surface area contributed by atoms with E-state index in [1.54, 1.807) is 0 Å². The number of nitrogens with two attached hydrogens (primary N) is 1. The minimum Gasteiger partial charge on any atom is -0.330 e. The van der Waals surface area contributed by atoms with Gasteiger partial charge in [0.25, 0.3) is 0 Å². The van der Waals surface area contributed by atoms with Gasteiger partial charge < -0.3 is 5.73 Å². The van der Waals surface area contributed by atoms with Crippen LogP contribution in [0, 0.1) is 11.8 Å². The Labute approximate surface area is 104 Å². The van der Waals surface area contributed by atoms with Gasteiger partial charge in [0.2, 0.25) is 0 Å². The van der Waals surface area contributed by atoms with E-state index in [2.05, 4.69) is 35.2 Å². The van der Waals surface area contributed by atoms with Crippen LogP contribution in [0.2, 0.25) is 0 Å². The van der Waals surface area contributed by atoms with Gasteiger partial charge in [0, 0.05) is 6.04 Å². The van der Waals surface area contributed by atoms with E-state index in [-0.39, 0.29) is 0 Å². The van der Waals surface area contributed by atoms with Crippen LogP contribution in [0.4, 0.5) is 0 Å². The van der Waals surface area contributed by atoms with Gasteiger partial charge >= 0.3 is 0 Å². The van der Waals surface area contributed by atoms with E-state index in [9.17, 15) is 0 Å². The van der Waals surface area contributed by atoms with E-state index >= 15 is 0 Å². The smallest absolute Gasteiger partial charge is 0.0179 e. The van der Waals surface area contributed by atoms with Crippen LogP contribution in [-0.2, 0) is 6.42 Å². The van der Waals surface area contributed by atoms with Crippen molar-refractivity contribution in [1.82, 2.24) is 4.90 Å². The normalized spacial score (nSPS) is 36.1. The number of rotatable bonds is 3. The molecule has 2 heteroatoms. The quantitative estimate of drug-likeness (QED) is 0.859. The highest BCUT2D eigenvalue weighted by Crippen LogP contribution is 2.37. The van der Waals surface area contributed by atoms with Crippen molar-refractivity contribution >= 4 is 0 Å². The molecule has 0 aromatic heterocycles. The van der Waals surface area contributed by atoms with Crippen LogP contribution >= 0.6 is 0 Å². The van der Waals surface area contributed by atoms with Crippen molar-refractivity contribution in [2.75, 3.05) is 19.6 Å². The highest BCUT2D eigenvalue weighted by Gasteiger charge is 2.40. The number of nitrogens with zero attached hydrogens (tertiary/aromatic N) is 1. The van der Waals surface area contributed by atoms with Gasteiger partial charge in [0.05, 0.1) is 0 Å². The summed E-state index contributed by atoms with van der Waals surface area (Å²) in [6.07, 6.45) is 3.92. The average Bonchev–Trinajstić information content (AvgIpc) is 2.41. The van der Waals surface area contributed by atoms with Crippen molar-refractivity contribution in [3.05, 3.63) is 35.9 Å². The SMILES string of the molecule is NCC1C2CCN(CC2)C1Cc1ccccc1. The Balaban J connectivity index is 1.77. The molecule has 0 saturated carbocycles. The third-order valence-electron chi connectivity index (χ3n) is 4.70. The molecule has 1 aromatic rings. The summed E-state index contributed by atoms with van der Waals surface area (Å²) in [5, 5.41) is 0. The maximum Gasteiger partial charge on any atom is 0.0179 e. The number of benzene rings is 1. The minimum absolute atomic E-state index is 0.690. The summed E-state index contributed by atoms with van der Waals surface area (Å²) >= 11 is 0. The van der Waals surface area contributed by atoms with Crippen molar-refractivity contribution in [2.24, 2.45) is 17.6 Å². The fourth-order valence-corrected chi connectivity index (χ4v) is 3.75. The second-order valence-corrected chi connectivity index (χ2v) is 5.53. The van der Waals surface area contributed by atoms with E-state index in [0.29, 0.717) is 6.04 Å². The van der Waals surface area contributed by atoms with Crippen molar-refractivity contribution in [3.8, 4) is 0 Å². The zero-order chi connectivity index (χ0) is 11.7. The molecule has 0 spiro atoms. The first-order valence-corrected chi connectivity index (χ1v) is 6.86. The van der Waals surface area contributed by atoms with Crippen LogP contribution < -0.4 is 5.73 Å². The van der Waals surface area contributed by atoms with E-state index in [4.69, 9.17) is 5.73 Å². The van der Waals surface area contributed by atoms with E-state index in [0.717, 1.165) is 18.4 Å². The summed E-state index contributed by atoms with van der Waals surface area (Å²) < 4.78 is 0. The van der Waals surface area contributed by atoms with E-state index in [1.807, 2.05) is 0 Å². The lowest BCUT2D eigenvalue weighted by molar-refractivity contribution is -0.00549. The number of hydrogen-bond donors (Lipinski definition) is 1. The molecule has 3 fully saturated rings. The molecule has 17 heavy (non-hydrogen) atoms. The maximum absolute atomic E-state index is 6.01. The van der Waals surface area contributed by atoms with Gasteiger partial charge in [-0.15, -0.1) is 0 Å². The van der Waals surface area contributed by atoms with Gasteiger partial charge in [-0.3, -0.25) is 4.90 Å². The predicted octanol–water partition coefficient (Wildman–Crippen LogP) is 1.90. The molecule has 3 aliphatic rings. The zero-order valence-corrected chi connectivity index (χ0v) is 10.4. The Kier molecular flexibility index (Phi) is 3.17. The monoisotopic (exact) mass is 230 g/mol. The van der Waals surface area contributed by atoms with Gasteiger partial charge in [-0.05, 0) is 56.3 Å². The van der Waals surface area contributed by atoms with E-state index in [1.165, 1.54) is 37.9 Å². The molecule has 0 aliphatic carbocycles. The molecule has 3 heterocycles. The molecule has 4 rings (SSSR count). The Morgan fingerprint density at radius 1 is 1.12 bits per heavy atom. The molecule has 2 bridgehead atoms. The Hall–Kier alpha value is -0.860. The highest BCUT2D eigenvalue weighted by atomic mass is 15.2. The topological polar surface area (TPSA) is 29.3 Å². The van der Waals surface area contributed by atoms with Crippen LogP contribution in [0.15, 0.2) is 30.3 Å². The molecule has 92 valence electrons. The summed E-state index contributed by atoms with van der Waals surface area (Å²) in [5.41, 5.74) is 7.47. The first-order chi connectivity index (χ1) is 8.38. The number of fused-ring (bicyclic) bond motifs is 3. The lowest BCUT2D eigenvalue weighted by atomic mass is 9.72. The van der Waals surface area contributed by atoms with Crippen molar-refractivity contribution in [3.63, 3.8) is 0 Å². The third kappa shape index (κ3) is 2.12. The summed E-state index contributed by atoms with van der Waals surface area (Å²) in [4.78, 5) is 2.67. The summed E-state index contributed by atoms with van der Waals surface area (Å²) in [5.74, 6) is 1.61. The molecule has 3 saturated heterocycles. The lowest BCUT2D eigenvalue weighted by Gasteiger charge is -2.51. The molecular formula is C15H22N2. The van der Waals surface area contributed by atoms with Gasteiger partial charge in [0.15, 0.2) is 0 Å². The van der Waals surface area contributed by atoms with Gasteiger partial charge in [-0.1, -0.05) is 30.3 Å². The Morgan fingerprint density at radius 2 is 1.82 bits per heavy atom. The molecule has 0 amide bonds. The molecule has 1 aromatic carbocycles. The van der Waals surface area contributed by atoms with Gasteiger partial charge in [-0.2, -0.15) is 0 Å². The van der Waals surface area contributed by atoms with Crippen LogP contribution in [0.25, 0.3) is 0 Å². The van der Waals surface area contributed by atoms with Crippen LogP contribution in [0.3, 0.4) is 0 Å². The third-order valence-corrected chi connectivity index (χ3v) is 4.70. The summed E-state index contributed by atoms with van der Waals surface area (Å²) in [6, 6.07) is 11.6. The molecular weight excluding hydrogens is 208 g/mol. The van der Waals surface area contributed by atoms with Crippen LogP contribution in [-0.4, -0.2) is 30.6 Å². The molecule has 2 atom stereocenters. The molecule has 2 nitrogen and oxygen atoms in total. The molecule has 3 aliphatic heterocycles. The summed E-state index contributed by atoms with van der Waals surface area (Å²) in [6.45, 7) is 3.44. The average molecular weight is 230 g/mol. The number of hydrogen-bond acceptors (Lipinski definition) is 2. The van der Waals surface area contributed by atoms with Crippen molar-refractivity contribution in [2.45, 2.75) is 25.3 Å². The minimum atomic E-state index is 0.690. The molecule has 2 N–H and O–H groups in total. The Bertz CT molecular complexity index is 354. The maximum atomic E-state index is 6.01. The van der Waals surface area contributed by atoms with Crippen molar-refractivity contribution < 1.29 is 0 Å². The molecule has 2 unspecified atom stereocenters. The van der Waals surface area contributed by atoms with E-state index < -0.39 is 0 Å². The second kappa shape index (κ2) is 4.79. The standard InChI is InChI=1S/C15H22N2/c16-11-14-13-6-8-17(9-7-13)15(14)10-12-4-2-1-3-5-12/h1-5,13-15H,6-11,16H2. The Morgan fingerprint density at radius 3 is 2.47 bits per heavy atom. The van der Waals surface area contributed by atoms with Crippen LogP contribution in [0.1, 0.15) is 18.4 Å². The first-order valence-electron chi connectivity index (χ1n) is 6.86. The van der Waals surface area contributed by atoms with Gasteiger partial charge in [-0.25, -0.2) is 0 Å². The largest absolute Gasteiger partial charge is 0.330 e. The number of piperidine rings is 3.